The van der Waals surface area contributed by atoms with E-state index in [4.69, 9.17) is 8.92 Å². The Balaban J connectivity index is 3.44. The Kier molecular flexibility index (Phi) is 5.33. The fourth-order valence-corrected chi connectivity index (χ4v) is 3.47. The van der Waals surface area contributed by atoms with E-state index in [0.717, 1.165) is 6.92 Å². The third-order valence-electron chi connectivity index (χ3n) is 3.32. The highest BCUT2D eigenvalue weighted by molar-refractivity contribution is 7.84. The first-order chi connectivity index (χ1) is 9.55. The molecule has 0 spiro atoms. The second kappa shape index (κ2) is 6.27. The van der Waals surface area contributed by atoms with E-state index >= 15 is 0 Å². The number of rotatable bonds is 3. The van der Waals surface area contributed by atoms with Gasteiger partial charge in [0.25, 0.3) is 0 Å². The van der Waals surface area contributed by atoms with E-state index in [0.29, 0.717) is 0 Å². The molecule has 0 bridgehead atoms. The summed E-state index contributed by atoms with van der Waals surface area (Å²) in [7, 11) is -4.24. The van der Waals surface area contributed by atoms with Crippen LogP contribution in [0.4, 0.5) is 0 Å². The highest BCUT2D eigenvalue weighted by Gasteiger charge is 2.55. The van der Waals surface area contributed by atoms with Crippen LogP contribution < -0.4 is 4.72 Å². The van der Waals surface area contributed by atoms with Gasteiger partial charge >= 0.3 is 16.3 Å². The molecule has 0 unspecified atom stereocenters. The average Bonchev–Trinajstić information content (AvgIpc) is 2.47. The molecule has 1 saturated heterocycles. The van der Waals surface area contributed by atoms with Crippen LogP contribution in [0.25, 0.3) is 0 Å². The van der Waals surface area contributed by atoms with E-state index in [1.807, 2.05) is 4.72 Å². The fraction of sp³-hybridized carbons (Fsp3) is 0.833. The van der Waals surface area contributed by atoms with Crippen LogP contribution in [0.3, 0.4) is 0 Å². The third-order valence-corrected chi connectivity index (χ3v) is 4.36. The number of nitriles is 1. The number of nitrogens with zero attached hydrogens (tertiary/aromatic N) is 1. The zero-order chi connectivity index (χ0) is 16.4. The highest BCUT2D eigenvalue weighted by atomic mass is 32.2. The third kappa shape index (κ3) is 3.71. The van der Waals surface area contributed by atoms with Crippen LogP contribution in [0.15, 0.2) is 0 Å². The minimum absolute atomic E-state index is 0.262. The molecule has 21 heavy (non-hydrogen) atoms. The number of nitrogens with one attached hydrogen (secondary N) is 1. The van der Waals surface area contributed by atoms with Crippen molar-refractivity contribution in [2.45, 2.75) is 45.4 Å². The molecular formula is C12H20N2O6S. The average molecular weight is 320 g/mol. The maximum Gasteiger partial charge on any atom is 0.337 e. The van der Waals surface area contributed by atoms with Crippen LogP contribution in [0.1, 0.15) is 27.7 Å². The fourth-order valence-electron chi connectivity index (χ4n) is 2.32. The number of carbonyl (C=O) groups is 1. The van der Waals surface area contributed by atoms with Crippen molar-refractivity contribution in [1.29, 1.82) is 5.26 Å². The highest BCUT2D eigenvalue weighted by Crippen LogP contribution is 2.32. The molecule has 0 radical (unpaired) electrons. The zero-order valence-electron chi connectivity index (χ0n) is 12.4. The predicted octanol–water partition coefficient (Wildman–Crippen LogP) is -0.302. The van der Waals surface area contributed by atoms with Gasteiger partial charge in [0.05, 0.1) is 18.8 Å². The molecule has 2 N–H and O–H groups in total. The molecule has 1 heterocycles. The molecule has 1 rings (SSSR count). The van der Waals surface area contributed by atoms with Crippen LogP contribution in [0, 0.1) is 23.2 Å². The molecule has 0 aliphatic carbocycles. The molecule has 9 heteroatoms. The van der Waals surface area contributed by atoms with Crippen LogP contribution in [-0.2, 0) is 24.0 Å². The number of aliphatic hydroxyl groups excluding tert-OH is 1. The van der Waals surface area contributed by atoms with E-state index < -0.39 is 45.9 Å². The number of carbonyl (C=O) groups excluding carboxylic acids is 1. The number of hydrogen-bond donors (Lipinski definition) is 2. The van der Waals surface area contributed by atoms with Gasteiger partial charge in [0.2, 0.25) is 0 Å². The Hall–Kier alpha value is -1.21. The van der Waals surface area contributed by atoms with Crippen LogP contribution in [-0.4, -0.2) is 43.8 Å². The summed E-state index contributed by atoms with van der Waals surface area (Å²) in [6.45, 7) is 5.71. The van der Waals surface area contributed by atoms with Crippen molar-refractivity contribution in [2.24, 2.45) is 11.8 Å². The number of ether oxygens (including phenoxy) is 1. The molecule has 0 aromatic rings. The molecule has 4 atom stereocenters. The Labute approximate surface area is 124 Å². The van der Waals surface area contributed by atoms with Gasteiger partial charge in [-0.05, 0) is 5.92 Å². The topological polar surface area (TPSA) is 126 Å². The molecule has 0 aromatic heterocycles. The van der Waals surface area contributed by atoms with Gasteiger partial charge in [-0.2, -0.15) is 18.4 Å². The minimum atomic E-state index is -4.24. The molecular weight excluding hydrogens is 300 g/mol. The summed E-state index contributed by atoms with van der Waals surface area (Å²) in [4.78, 5) is 11.3. The smallest absolute Gasteiger partial charge is 0.337 e. The SMILES string of the molecule is CC(=O)O[C@@H]1[C@@H](C)COS(=O)(=O)N[C@@]1(C#N)[C@@H](O)C(C)C. The van der Waals surface area contributed by atoms with Gasteiger partial charge in [-0.25, -0.2) is 0 Å². The Morgan fingerprint density at radius 3 is 2.57 bits per heavy atom. The second-order valence-electron chi connectivity index (χ2n) is 5.52. The maximum absolute atomic E-state index is 11.8. The van der Waals surface area contributed by atoms with Crippen molar-refractivity contribution >= 4 is 16.3 Å². The molecule has 120 valence electrons. The van der Waals surface area contributed by atoms with E-state index in [2.05, 4.69) is 0 Å². The monoisotopic (exact) mass is 320 g/mol. The lowest BCUT2D eigenvalue weighted by molar-refractivity contribution is -0.156. The summed E-state index contributed by atoms with van der Waals surface area (Å²) in [5.74, 6) is -1.73. The van der Waals surface area contributed by atoms with Crippen molar-refractivity contribution in [3.63, 3.8) is 0 Å². The van der Waals surface area contributed by atoms with E-state index in [9.17, 15) is 23.6 Å². The van der Waals surface area contributed by atoms with Gasteiger partial charge in [-0.3, -0.25) is 8.98 Å². The summed E-state index contributed by atoms with van der Waals surface area (Å²) in [6, 6.07) is 1.78. The lowest BCUT2D eigenvalue weighted by Crippen LogP contribution is -2.65. The van der Waals surface area contributed by atoms with Crippen LogP contribution in [0.2, 0.25) is 0 Å². The summed E-state index contributed by atoms with van der Waals surface area (Å²) in [5, 5.41) is 19.9. The zero-order valence-corrected chi connectivity index (χ0v) is 13.2. The summed E-state index contributed by atoms with van der Waals surface area (Å²) >= 11 is 0. The van der Waals surface area contributed by atoms with Crippen molar-refractivity contribution in [3.05, 3.63) is 0 Å². The van der Waals surface area contributed by atoms with Crippen molar-refractivity contribution in [1.82, 2.24) is 4.72 Å². The lowest BCUT2D eigenvalue weighted by Gasteiger charge is -2.39. The number of esters is 1. The number of aliphatic hydroxyl groups is 1. The Morgan fingerprint density at radius 2 is 2.14 bits per heavy atom. The Morgan fingerprint density at radius 1 is 1.57 bits per heavy atom. The molecule has 0 amide bonds. The predicted molar refractivity (Wildman–Crippen MR) is 71.9 cm³/mol. The summed E-state index contributed by atoms with van der Waals surface area (Å²) < 4.78 is 35.5. The van der Waals surface area contributed by atoms with Gasteiger partial charge in [0.15, 0.2) is 5.54 Å². The quantitative estimate of drug-likeness (QED) is 0.683. The molecule has 0 saturated carbocycles. The molecule has 0 aromatic carbocycles. The van der Waals surface area contributed by atoms with Crippen molar-refractivity contribution in [2.75, 3.05) is 6.61 Å². The lowest BCUT2D eigenvalue weighted by atomic mass is 9.78. The molecule has 1 fully saturated rings. The Bertz CT molecular complexity index is 540. The summed E-state index contributed by atoms with van der Waals surface area (Å²) in [6.07, 6.45) is -2.56. The first-order valence-corrected chi connectivity index (χ1v) is 7.91. The number of hydrogen-bond acceptors (Lipinski definition) is 7. The van der Waals surface area contributed by atoms with Crippen molar-refractivity contribution in [3.8, 4) is 6.07 Å². The van der Waals surface area contributed by atoms with Gasteiger partial charge in [0, 0.05) is 12.8 Å². The first kappa shape index (κ1) is 17.8. The van der Waals surface area contributed by atoms with Gasteiger partial charge in [-0.1, -0.05) is 20.8 Å². The van der Waals surface area contributed by atoms with Gasteiger partial charge in [-0.15, -0.1) is 0 Å². The van der Waals surface area contributed by atoms with E-state index in [1.165, 1.54) is 0 Å². The summed E-state index contributed by atoms with van der Waals surface area (Å²) in [5.41, 5.74) is -2.01. The molecule has 1 aliphatic rings. The van der Waals surface area contributed by atoms with E-state index in [-0.39, 0.29) is 6.61 Å². The van der Waals surface area contributed by atoms with Crippen LogP contribution >= 0.6 is 0 Å². The molecule has 8 nitrogen and oxygen atoms in total. The normalized spacial score (nSPS) is 33.8. The van der Waals surface area contributed by atoms with Gasteiger partial charge < -0.3 is 9.84 Å². The minimum Gasteiger partial charge on any atom is -0.459 e. The largest absolute Gasteiger partial charge is 0.459 e. The second-order valence-corrected chi connectivity index (χ2v) is 6.87. The maximum atomic E-state index is 11.8. The van der Waals surface area contributed by atoms with E-state index in [1.54, 1.807) is 26.8 Å². The van der Waals surface area contributed by atoms with Crippen LogP contribution in [0.5, 0.6) is 0 Å². The first-order valence-electron chi connectivity index (χ1n) is 6.50. The van der Waals surface area contributed by atoms with Gasteiger partial charge in [0.1, 0.15) is 6.10 Å². The molecule has 1 aliphatic heterocycles. The van der Waals surface area contributed by atoms with Crippen molar-refractivity contribution < 1.29 is 27.2 Å². The standard InChI is InChI=1S/C12H20N2O6S/c1-7(2)10(16)12(6-13)11(20-9(4)15)8(3)5-19-21(17,18)14-12/h7-8,10-11,14,16H,5H2,1-4H3/t8-,10-,11+,12-/m0/s1.